The zero-order valence-corrected chi connectivity index (χ0v) is 15.7. The molecule has 0 amide bonds. The predicted molar refractivity (Wildman–Crippen MR) is 114 cm³/mol. The van der Waals surface area contributed by atoms with Crippen LogP contribution in [0.5, 0.6) is 0 Å². The number of carbonyl (C=O) groups is 1. The van der Waals surface area contributed by atoms with Crippen LogP contribution in [-0.4, -0.2) is 21.5 Å². The van der Waals surface area contributed by atoms with Crippen molar-refractivity contribution >= 4 is 28.2 Å². The molecule has 0 fully saturated rings. The highest BCUT2D eigenvalue weighted by atomic mass is 16.1. The van der Waals surface area contributed by atoms with E-state index in [0.29, 0.717) is 22.3 Å². The van der Waals surface area contributed by atoms with Gasteiger partial charge >= 0.3 is 0 Å². The molecule has 4 rings (SSSR count). The van der Waals surface area contributed by atoms with Gasteiger partial charge in [0.15, 0.2) is 11.4 Å². The van der Waals surface area contributed by atoms with Crippen molar-refractivity contribution in [2.75, 3.05) is 5.43 Å². The molecule has 0 radical (unpaired) electrons. The number of anilines is 1. The number of carbonyl (C=O) groups excluding carboxylic acids is 1. The van der Waals surface area contributed by atoms with Crippen molar-refractivity contribution in [3.8, 4) is 0 Å². The normalized spacial score (nSPS) is 11.4. The van der Waals surface area contributed by atoms with Crippen LogP contribution in [0.1, 0.15) is 21.6 Å². The first-order valence-electron chi connectivity index (χ1n) is 9.11. The lowest BCUT2D eigenvalue weighted by atomic mass is 10.0. The van der Waals surface area contributed by atoms with Crippen molar-refractivity contribution in [2.45, 2.75) is 6.92 Å². The number of nitrogens with one attached hydrogen (secondary N) is 2. The molecule has 0 bridgehead atoms. The molecule has 3 aromatic carbocycles. The smallest absolute Gasteiger partial charge is 0.276 e. The Kier molecular flexibility index (Phi) is 4.99. The molecule has 29 heavy (non-hydrogen) atoms. The highest BCUT2D eigenvalue weighted by Crippen LogP contribution is 2.12. The Morgan fingerprint density at radius 3 is 2.52 bits per heavy atom. The molecule has 0 aliphatic rings. The van der Waals surface area contributed by atoms with E-state index in [-0.39, 0.29) is 17.2 Å². The Bertz CT molecular complexity index is 1280. The first kappa shape index (κ1) is 18.3. The summed E-state index contributed by atoms with van der Waals surface area (Å²) in [6, 6.07) is 23.4. The van der Waals surface area contributed by atoms with E-state index in [2.05, 4.69) is 20.5 Å². The predicted octanol–water partition coefficient (Wildman–Crippen LogP) is 3.93. The fourth-order valence-corrected chi connectivity index (χ4v) is 2.96. The maximum absolute atomic E-state index is 13.2. The van der Waals surface area contributed by atoms with Crippen LogP contribution < -0.4 is 11.0 Å². The number of rotatable bonds is 5. The Morgan fingerprint density at radius 1 is 0.966 bits per heavy atom. The second-order valence-electron chi connectivity index (χ2n) is 6.57. The fraction of sp³-hybridized carbons (Fsp3) is 0.0435. The van der Waals surface area contributed by atoms with E-state index >= 15 is 0 Å². The van der Waals surface area contributed by atoms with Crippen LogP contribution in [0.25, 0.3) is 11.0 Å². The van der Waals surface area contributed by atoms with E-state index < -0.39 is 5.56 Å². The number of fused-ring (bicyclic) bond motifs is 1. The monoisotopic (exact) mass is 382 g/mol. The van der Waals surface area contributed by atoms with Crippen molar-refractivity contribution in [2.24, 2.45) is 5.10 Å². The molecule has 1 heterocycles. The van der Waals surface area contributed by atoms with Crippen LogP contribution in [-0.2, 0) is 0 Å². The molecule has 0 saturated carbocycles. The minimum absolute atomic E-state index is 0.0299. The second-order valence-corrected chi connectivity index (χ2v) is 6.57. The fourth-order valence-electron chi connectivity index (χ4n) is 2.96. The number of hydrogen-bond donors (Lipinski definition) is 2. The van der Waals surface area contributed by atoms with E-state index in [1.807, 2.05) is 49.4 Å². The van der Waals surface area contributed by atoms with Crippen molar-refractivity contribution < 1.29 is 4.79 Å². The maximum atomic E-state index is 13.2. The van der Waals surface area contributed by atoms with Gasteiger partial charge in [0.2, 0.25) is 5.78 Å². The van der Waals surface area contributed by atoms with E-state index in [0.717, 1.165) is 5.56 Å². The number of para-hydroxylation sites is 2. The SMILES string of the molecule is Cc1cccc(N/N=C(\C(=O)c2ccccc2)c2nc3ccccc3[nH]c2=O)c1. The zero-order valence-electron chi connectivity index (χ0n) is 15.7. The summed E-state index contributed by atoms with van der Waals surface area (Å²) in [5.74, 6) is -0.390. The number of aromatic nitrogens is 2. The first-order chi connectivity index (χ1) is 14.1. The van der Waals surface area contributed by atoms with E-state index in [1.54, 1.807) is 36.4 Å². The zero-order chi connectivity index (χ0) is 20.2. The lowest BCUT2D eigenvalue weighted by Crippen LogP contribution is -2.27. The third kappa shape index (κ3) is 3.96. The summed E-state index contributed by atoms with van der Waals surface area (Å²) < 4.78 is 0. The Morgan fingerprint density at radius 2 is 1.72 bits per heavy atom. The van der Waals surface area contributed by atoms with Gasteiger partial charge in [0, 0.05) is 5.56 Å². The lowest BCUT2D eigenvalue weighted by Gasteiger charge is -2.08. The third-order valence-electron chi connectivity index (χ3n) is 4.39. The molecule has 2 N–H and O–H groups in total. The molecule has 1 aromatic heterocycles. The molecule has 6 heteroatoms. The van der Waals surface area contributed by atoms with Gasteiger partial charge in [0.1, 0.15) is 0 Å². The summed E-state index contributed by atoms with van der Waals surface area (Å²) in [7, 11) is 0. The Balaban J connectivity index is 1.84. The van der Waals surface area contributed by atoms with Crippen molar-refractivity contribution in [1.29, 1.82) is 0 Å². The number of hydrogen-bond acceptors (Lipinski definition) is 5. The standard InChI is InChI=1S/C23H18N4O2/c1-15-8-7-11-17(14-15)26-27-20(22(28)16-9-3-2-4-10-16)21-23(29)25-19-13-6-5-12-18(19)24-21/h2-14,26H,1H3,(H,25,29)/b27-20-. The summed E-state index contributed by atoms with van der Waals surface area (Å²) in [6.07, 6.45) is 0. The number of nitrogens with zero attached hydrogens (tertiary/aromatic N) is 2. The van der Waals surface area contributed by atoms with Gasteiger partial charge in [-0.3, -0.25) is 15.0 Å². The summed E-state index contributed by atoms with van der Waals surface area (Å²) >= 11 is 0. The average molecular weight is 382 g/mol. The van der Waals surface area contributed by atoms with Crippen LogP contribution >= 0.6 is 0 Å². The van der Waals surface area contributed by atoms with Gasteiger partial charge in [-0.05, 0) is 36.8 Å². The molecule has 0 saturated heterocycles. The molecule has 6 nitrogen and oxygen atoms in total. The maximum Gasteiger partial charge on any atom is 0.276 e. The lowest BCUT2D eigenvalue weighted by molar-refractivity contribution is 0.106. The van der Waals surface area contributed by atoms with E-state index in [1.165, 1.54) is 0 Å². The molecule has 0 spiro atoms. The van der Waals surface area contributed by atoms with Crippen LogP contribution in [0.15, 0.2) is 88.8 Å². The summed E-state index contributed by atoms with van der Waals surface area (Å²) in [4.78, 5) is 33.0. The number of H-pyrrole nitrogens is 1. The van der Waals surface area contributed by atoms with Gasteiger partial charge < -0.3 is 4.98 Å². The van der Waals surface area contributed by atoms with Gasteiger partial charge in [-0.1, -0.05) is 54.6 Å². The highest BCUT2D eigenvalue weighted by molar-refractivity contribution is 6.51. The number of aromatic amines is 1. The molecule has 4 aromatic rings. The third-order valence-corrected chi connectivity index (χ3v) is 4.39. The molecule has 142 valence electrons. The molecule has 0 atom stereocenters. The highest BCUT2D eigenvalue weighted by Gasteiger charge is 2.21. The molecular formula is C23H18N4O2. The molecule has 0 unspecified atom stereocenters. The molecule has 0 aliphatic heterocycles. The number of benzene rings is 3. The number of hydrazone groups is 1. The van der Waals surface area contributed by atoms with E-state index in [9.17, 15) is 9.59 Å². The number of Topliss-reactive ketones (excluding diaryl/α,β-unsaturated/α-hetero) is 1. The van der Waals surface area contributed by atoms with Crippen LogP contribution in [0.3, 0.4) is 0 Å². The summed E-state index contributed by atoms with van der Waals surface area (Å²) in [5, 5.41) is 4.28. The van der Waals surface area contributed by atoms with E-state index in [4.69, 9.17) is 0 Å². The van der Waals surface area contributed by atoms with Crippen LogP contribution in [0.4, 0.5) is 5.69 Å². The quantitative estimate of drug-likeness (QED) is 0.311. The van der Waals surface area contributed by atoms with Crippen LogP contribution in [0.2, 0.25) is 0 Å². The Labute approximate surface area is 166 Å². The minimum atomic E-state index is -0.474. The van der Waals surface area contributed by atoms with Crippen molar-refractivity contribution in [1.82, 2.24) is 9.97 Å². The minimum Gasteiger partial charge on any atom is -0.319 e. The molecular weight excluding hydrogens is 364 g/mol. The Hall–Kier alpha value is -4.06. The second kappa shape index (κ2) is 7.90. The number of ketones is 1. The van der Waals surface area contributed by atoms with Gasteiger partial charge in [0.25, 0.3) is 5.56 Å². The van der Waals surface area contributed by atoms with Crippen molar-refractivity contribution in [3.05, 3.63) is 106 Å². The van der Waals surface area contributed by atoms with Gasteiger partial charge in [0.05, 0.1) is 16.7 Å². The largest absolute Gasteiger partial charge is 0.319 e. The van der Waals surface area contributed by atoms with Crippen molar-refractivity contribution in [3.63, 3.8) is 0 Å². The summed E-state index contributed by atoms with van der Waals surface area (Å²) in [6.45, 7) is 1.96. The first-order valence-corrected chi connectivity index (χ1v) is 9.11. The average Bonchev–Trinajstić information content (AvgIpc) is 2.74. The van der Waals surface area contributed by atoms with Gasteiger partial charge in [-0.2, -0.15) is 5.10 Å². The van der Waals surface area contributed by atoms with Crippen LogP contribution in [0, 0.1) is 6.92 Å². The topological polar surface area (TPSA) is 87.2 Å². The number of aryl methyl sites for hydroxylation is 1. The van der Waals surface area contributed by atoms with Gasteiger partial charge in [-0.15, -0.1) is 0 Å². The van der Waals surface area contributed by atoms with Gasteiger partial charge in [-0.25, -0.2) is 4.98 Å². The summed E-state index contributed by atoms with van der Waals surface area (Å²) in [5.41, 5.74) is 5.68. The molecule has 0 aliphatic carbocycles.